The zero-order chi connectivity index (χ0) is 12.8. The standard InChI is InChI=1S/C13H15BrN2S2/c1-2-7-15-13-16-8-10(18-13)9-17-12-6-4-3-5-11(12)14/h3-6,8H,2,7,9H2,1H3,(H,15,16). The number of halogens is 1. The second-order valence-corrected chi connectivity index (χ2v) is 6.76. The molecule has 18 heavy (non-hydrogen) atoms. The molecule has 0 aliphatic rings. The number of nitrogens with zero attached hydrogens (tertiary/aromatic N) is 1. The number of nitrogens with one attached hydrogen (secondary N) is 1. The molecule has 0 aliphatic heterocycles. The summed E-state index contributed by atoms with van der Waals surface area (Å²) in [5.74, 6) is 0.966. The Morgan fingerprint density at radius 2 is 2.22 bits per heavy atom. The van der Waals surface area contributed by atoms with Gasteiger partial charge in [0.25, 0.3) is 0 Å². The Kier molecular flexibility index (Phi) is 5.53. The SMILES string of the molecule is CCCNc1ncc(CSc2ccccc2Br)s1. The molecule has 0 saturated heterocycles. The van der Waals surface area contributed by atoms with Crippen molar-refractivity contribution >= 4 is 44.2 Å². The molecule has 0 radical (unpaired) electrons. The molecule has 1 N–H and O–H groups in total. The van der Waals surface area contributed by atoms with Gasteiger partial charge < -0.3 is 5.32 Å². The molecule has 2 rings (SSSR count). The Morgan fingerprint density at radius 3 is 3.00 bits per heavy atom. The molecule has 5 heteroatoms. The van der Waals surface area contributed by atoms with Crippen molar-refractivity contribution in [2.24, 2.45) is 0 Å². The molecule has 0 saturated carbocycles. The predicted molar refractivity (Wildman–Crippen MR) is 84.6 cm³/mol. The van der Waals surface area contributed by atoms with E-state index in [0.29, 0.717) is 0 Å². The van der Waals surface area contributed by atoms with Crippen LogP contribution in [0.25, 0.3) is 0 Å². The number of hydrogen-bond acceptors (Lipinski definition) is 4. The molecule has 2 aromatic rings. The minimum Gasteiger partial charge on any atom is -0.362 e. The van der Waals surface area contributed by atoms with Crippen LogP contribution in [0.4, 0.5) is 5.13 Å². The lowest BCUT2D eigenvalue weighted by Crippen LogP contribution is -1.97. The van der Waals surface area contributed by atoms with E-state index in [4.69, 9.17) is 0 Å². The Labute approximate surface area is 124 Å². The lowest BCUT2D eigenvalue weighted by molar-refractivity contribution is 0.976. The van der Waals surface area contributed by atoms with Crippen molar-refractivity contribution in [1.82, 2.24) is 4.98 Å². The summed E-state index contributed by atoms with van der Waals surface area (Å²) in [5, 5.41) is 4.34. The molecule has 1 heterocycles. The van der Waals surface area contributed by atoms with E-state index in [-0.39, 0.29) is 0 Å². The fourth-order valence-corrected chi connectivity index (χ4v) is 3.83. The minimum absolute atomic E-state index is 0.966. The van der Waals surface area contributed by atoms with Crippen molar-refractivity contribution < 1.29 is 0 Å². The summed E-state index contributed by atoms with van der Waals surface area (Å²) >= 11 is 7.14. The maximum Gasteiger partial charge on any atom is 0.182 e. The van der Waals surface area contributed by atoms with Gasteiger partial charge in [-0.1, -0.05) is 19.1 Å². The van der Waals surface area contributed by atoms with E-state index in [1.165, 1.54) is 9.77 Å². The van der Waals surface area contributed by atoms with Gasteiger partial charge in [0.2, 0.25) is 0 Å². The maximum atomic E-state index is 4.37. The zero-order valence-electron chi connectivity index (χ0n) is 10.1. The number of thiazole rings is 1. The van der Waals surface area contributed by atoms with Crippen LogP contribution < -0.4 is 5.32 Å². The van der Waals surface area contributed by atoms with E-state index in [2.05, 4.69) is 51.4 Å². The molecule has 0 atom stereocenters. The lowest BCUT2D eigenvalue weighted by atomic mass is 10.4. The molecule has 0 spiro atoms. The smallest absolute Gasteiger partial charge is 0.182 e. The van der Waals surface area contributed by atoms with Crippen molar-refractivity contribution in [2.45, 2.75) is 24.0 Å². The first-order valence-corrected chi connectivity index (χ1v) is 8.45. The summed E-state index contributed by atoms with van der Waals surface area (Å²) < 4.78 is 1.16. The number of rotatable bonds is 6. The molecule has 0 amide bonds. The fourth-order valence-electron chi connectivity index (χ4n) is 1.40. The highest BCUT2D eigenvalue weighted by Gasteiger charge is 2.04. The van der Waals surface area contributed by atoms with Crippen molar-refractivity contribution in [1.29, 1.82) is 0 Å². The summed E-state index contributed by atoms with van der Waals surface area (Å²) in [6, 6.07) is 8.30. The second-order valence-electron chi connectivity index (χ2n) is 3.78. The van der Waals surface area contributed by atoms with Crippen LogP contribution in [0, 0.1) is 0 Å². The average molecular weight is 343 g/mol. The minimum atomic E-state index is 0.966. The first kappa shape index (κ1) is 13.9. The molecular formula is C13H15BrN2S2. The lowest BCUT2D eigenvalue weighted by Gasteiger charge is -2.01. The molecular weight excluding hydrogens is 328 g/mol. The van der Waals surface area contributed by atoms with Gasteiger partial charge in [0, 0.05) is 32.7 Å². The monoisotopic (exact) mass is 342 g/mol. The van der Waals surface area contributed by atoms with Gasteiger partial charge in [-0.3, -0.25) is 0 Å². The molecule has 1 aromatic heterocycles. The van der Waals surface area contributed by atoms with Crippen molar-refractivity contribution in [3.8, 4) is 0 Å². The van der Waals surface area contributed by atoms with Crippen LogP contribution in [-0.4, -0.2) is 11.5 Å². The third-order valence-electron chi connectivity index (χ3n) is 2.29. The number of benzene rings is 1. The van der Waals surface area contributed by atoms with E-state index >= 15 is 0 Å². The van der Waals surface area contributed by atoms with E-state index < -0.39 is 0 Å². The third-order valence-corrected chi connectivity index (χ3v) is 5.50. The van der Waals surface area contributed by atoms with Gasteiger partial charge >= 0.3 is 0 Å². The van der Waals surface area contributed by atoms with Gasteiger partial charge in [-0.2, -0.15) is 0 Å². The van der Waals surface area contributed by atoms with Crippen LogP contribution in [-0.2, 0) is 5.75 Å². The van der Waals surface area contributed by atoms with Gasteiger partial charge in [0.05, 0.1) is 0 Å². The van der Waals surface area contributed by atoms with Crippen LogP contribution >= 0.6 is 39.0 Å². The molecule has 0 unspecified atom stereocenters. The molecule has 0 fully saturated rings. The Balaban J connectivity index is 1.90. The van der Waals surface area contributed by atoms with Crippen LogP contribution in [0.2, 0.25) is 0 Å². The van der Waals surface area contributed by atoms with Crippen molar-refractivity contribution in [3.63, 3.8) is 0 Å². The highest BCUT2D eigenvalue weighted by molar-refractivity contribution is 9.10. The maximum absolute atomic E-state index is 4.37. The highest BCUT2D eigenvalue weighted by Crippen LogP contribution is 2.31. The van der Waals surface area contributed by atoms with Crippen molar-refractivity contribution in [2.75, 3.05) is 11.9 Å². The van der Waals surface area contributed by atoms with Gasteiger partial charge in [0.1, 0.15) is 0 Å². The van der Waals surface area contributed by atoms with Crippen LogP contribution in [0.15, 0.2) is 39.8 Å². The van der Waals surface area contributed by atoms with Gasteiger partial charge in [-0.25, -0.2) is 4.98 Å². The van der Waals surface area contributed by atoms with Gasteiger partial charge in [-0.05, 0) is 34.5 Å². The first-order valence-electron chi connectivity index (χ1n) is 5.85. The Morgan fingerprint density at radius 1 is 1.39 bits per heavy atom. The van der Waals surface area contributed by atoms with Gasteiger partial charge in [-0.15, -0.1) is 23.1 Å². The number of anilines is 1. The summed E-state index contributed by atoms with van der Waals surface area (Å²) in [6.45, 7) is 3.15. The third kappa shape index (κ3) is 4.00. The number of hydrogen-bond donors (Lipinski definition) is 1. The molecule has 2 nitrogen and oxygen atoms in total. The van der Waals surface area contributed by atoms with Crippen LogP contribution in [0.3, 0.4) is 0 Å². The second kappa shape index (κ2) is 7.16. The fraction of sp³-hybridized carbons (Fsp3) is 0.308. The Hall–Kier alpha value is -0.520. The molecule has 1 aromatic carbocycles. The van der Waals surface area contributed by atoms with E-state index in [9.17, 15) is 0 Å². The molecule has 96 valence electrons. The molecule has 0 bridgehead atoms. The predicted octanol–water partition coefficient (Wildman–Crippen LogP) is 5.02. The summed E-state index contributed by atoms with van der Waals surface area (Å²) in [4.78, 5) is 6.94. The zero-order valence-corrected chi connectivity index (χ0v) is 13.4. The topological polar surface area (TPSA) is 24.9 Å². The highest BCUT2D eigenvalue weighted by atomic mass is 79.9. The first-order chi connectivity index (χ1) is 8.79. The average Bonchev–Trinajstić information content (AvgIpc) is 2.83. The number of thioether (sulfide) groups is 1. The number of aromatic nitrogens is 1. The quantitative estimate of drug-likeness (QED) is 0.746. The summed E-state index contributed by atoms with van der Waals surface area (Å²) in [7, 11) is 0. The Bertz CT molecular complexity index is 499. The van der Waals surface area contributed by atoms with E-state index in [1.807, 2.05) is 24.0 Å². The normalized spacial score (nSPS) is 10.6. The van der Waals surface area contributed by atoms with E-state index in [1.54, 1.807) is 11.3 Å². The summed E-state index contributed by atoms with van der Waals surface area (Å²) in [6.07, 6.45) is 3.09. The summed E-state index contributed by atoms with van der Waals surface area (Å²) in [5.41, 5.74) is 0. The van der Waals surface area contributed by atoms with Crippen LogP contribution in [0.1, 0.15) is 18.2 Å². The van der Waals surface area contributed by atoms with E-state index in [0.717, 1.165) is 28.3 Å². The van der Waals surface area contributed by atoms with Crippen molar-refractivity contribution in [3.05, 3.63) is 39.8 Å². The van der Waals surface area contributed by atoms with Gasteiger partial charge in [0.15, 0.2) is 5.13 Å². The van der Waals surface area contributed by atoms with Crippen LogP contribution in [0.5, 0.6) is 0 Å². The largest absolute Gasteiger partial charge is 0.362 e. The molecule has 0 aliphatic carbocycles.